The van der Waals surface area contributed by atoms with Crippen molar-refractivity contribution in [1.29, 1.82) is 0 Å². The molecule has 1 amide bonds. The highest BCUT2D eigenvalue weighted by molar-refractivity contribution is 6.30. The molecule has 0 radical (unpaired) electrons. The lowest BCUT2D eigenvalue weighted by Gasteiger charge is -2.20. The molecular weight excluding hydrogens is 450 g/mol. The number of aromatic nitrogens is 6. The van der Waals surface area contributed by atoms with Gasteiger partial charge in [0.25, 0.3) is 0 Å². The Labute approximate surface area is 194 Å². The molecule has 33 heavy (non-hydrogen) atoms. The molecular formula is C21H26ClN7O4. The van der Waals surface area contributed by atoms with Crippen molar-refractivity contribution in [3.63, 3.8) is 0 Å². The first-order valence-corrected chi connectivity index (χ1v) is 11.3. The number of aromatic amines is 2. The van der Waals surface area contributed by atoms with E-state index in [1.54, 1.807) is 12.1 Å². The summed E-state index contributed by atoms with van der Waals surface area (Å²) >= 11 is 5.98. The van der Waals surface area contributed by atoms with Gasteiger partial charge < -0.3 is 9.64 Å². The molecule has 2 N–H and O–H groups in total. The quantitative estimate of drug-likeness (QED) is 0.510. The van der Waals surface area contributed by atoms with Gasteiger partial charge in [-0.1, -0.05) is 22.9 Å². The normalized spacial score (nSPS) is 16.5. The Kier molecular flexibility index (Phi) is 7.28. The molecule has 1 unspecified atom stereocenters. The molecule has 0 bridgehead atoms. The van der Waals surface area contributed by atoms with Crippen LogP contribution in [0.15, 0.2) is 40.1 Å². The number of nitrogens with zero attached hydrogens (tertiary/aromatic N) is 5. The van der Waals surface area contributed by atoms with E-state index in [1.165, 1.54) is 0 Å². The van der Waals surface area contributed by atoms with E-state index in [0.717, 1.165) is 29.5 Å². The van der Waals surface area contributed by atoms with Crippen molar-refractivity contribution >= 4 is 17.5 Å². The van der Waals surface area contributed by atoms with Crippen LogP contribution >= 0.6 is 11.6 Å². The third-order valence-corrected chi connectivity index (χ3v) is 5.94. The van der Waals surface area contributed by atoms with E-state index in [0.29, 0.717) is 36.9 Å². The van der Waals surface area contributed by atoms with Crippen LogP contribution in [0.25, 0.3) is 0 Å². The number of rotatable bonds is 8. The second kappa shape index (κ2) is 10.5. The van der Waals surface area contributed by atoms with Crippen molar-refractivity contribution in [2.24, 2.45) is 0 Å². The van der Waals surface area contributed by atoms with Crippen LogP contribution in [0.1, 0.15) is 43.8 Å². The highest BCUT2D eigenvalue weighted by Gasteiger charge is 2.22. The molecule has 11 nitrogen and oxygen atoms in total. The predicted molar refractivity (Wildman–Crippen MR) is 120 cm³/mol. The molecule has 12 heteroatoms. The van der Waals surface area contributed by atoms with Gasteiger partial charge in [0.2, 0.25) is 5.91 Å². The fraction of sp³-hybridized carbons (Fsp3) is 0.476. The Balaban J connectivity index is 1.25. The summed E-state index contributed by atoms with van der Waals surface area (Å²) in [5.41, 5.74) is -0.257. The number of H-pyrrole nitrogens is 2. The van der Waals surface area contributed by atoms with Crippen LogP contribution in [0, 0.1) is 0 Å². The number of benzene rings is 1. The van der Waals surface area contributed by atoms with Gasteiger partial charge in [-0.15, -0.1) is 5.10 Å². The van der Waals surface area contributed by atoms with Gasteiger partial charge in [-0.2, -0.15) is 0 Å². The first-order chi connectivity index (χ1) is 16.0. The molecule has 3 heterocycles. The van der Waals surface area contributed by atoms with Crippen LogP contribution in [-0.4, -0.2) is 53.7 Å². The fourth-order valence-corrected chi connectivity index (χ4v) is 4.13. The van der Waals surface area contributed by atoms with Crippen LogP contribution < -0.4 is 16.1 Å². The van der Waals surface area contributed by atoms with Crippen molar-refractivity contribution in [1.82, 2.24) is 34.7 Å². The number of amides is 1. The molecule has 1 atom stereocenters. The van der Waals surface area contributed by atoms with Gasteiger partial charge in [0, 0.05) is 31.1 Å². The van der Waals surface area contributed by atoms with E-state index in [1.807, 2.05) is 27.9 Å². The van der Waals surface area contributed by atoms with Crippen molar-refractivity contribution in [2.45, 2.75) is 51.3 Å². The van der Waals surface area contributed by atoms with Gasteiger partial charge in [0.1, 0.15) is 18.1 Å². The van der Waals surface area contributed by atoms with Gasteiger partial charge in [-0.05, 0) is 43.9 Å². The van der Waals surface area contributed by atoms with Crippen LogP contribution in [0.3, 0.4) is 0 Å². The maximum Gasteiger partial charge on any atom is 0.344 e. The monoisotopic (exact) mass is 475 g/mol. The van der Waals surface area contributed by atoms with E-state index in [4.69, 9.17) is 16.3 Å². The molecule has 1 aromatic carbocycles. The SMILES string of the molecule is O=C(CCCn1c(=O)[nH][nH]c1=O)N1CCCC(n2cc(COc3cccc(Cl)c3)nn2)CC1. The number of halogens is 1. The number of hydrogen-bond donors (Lipinski definition) is 2. The van der Waals surface area contributed by atoms with Gasteiger partial charge in [0.05, 0.1) is 12.2 Å². The van der Waals surface area contributed by atoms with Crippen molar-refractivity contribution < 1.29 is 9.53 Å². The largest absolute Gasteiger partial charge is 0.487 e. The average Bonchev–Trinajstić information content (AvgIpc) is 3.30. The third-order valence-electron chi connectivity index (χ3n) is 5.70. The molecule has 1 fully saturated rings. The maximum absolute atomic E-state index is 12.6. The summed E-state index contributed by atoms with van der Waals surface area (Å²) in [5, 5.41) is 13.6. The summed E-state index contributed by atoms with van der Waals surface area (Å²) in [4.78, 5) is 37.5. The maximum atomic E-state index is 12.6. The molecule has 1 aliphatic rings. The number of hydrogen-bond acceptors (Lipinski definition) is 6. The molecule has 176 valence electrons. The summed E-state index contributed by atoms with van der Waals surface area (Å²) in [6.45, 7) is 1.81. The zero-order valence-corrected chi connectivity index (χ0v) is 18.8. The minimum Gasteiger partial charge on any atom is -0.487 e. The Hall–Kier alpha value is -3.34. The second-order valence-electron chi connectivity index (χ2n) is 8.02. The van der Waals surface area contributed by atoms with Crippen molar-refractivity contribution in [3.05, 3.63) is 62.1 Å². The third kappa shape index (κ3) is 5.92. The van der Waals surface area contributed by atoms with Crippen LogP contribution in [0.2, 0.25) is 5.02 Å². The highest BCUT2D eigenvalue weighted by Crippen LogP contribution is 2.23. The minimum absolute atomic E-state index is 0.0323. The van der Waals surface area contributed by atoms with E-state index < -0.39 is 11.4 Å². The number of nitrogens with one attached hydrogen (secondary N) is 2. The topological polar surface area (TPSA) is 131 Å². The standard InChI is InChI=1S/C21H26ClN7O4/c22-15-4-1-6-18(12-15)33-14-16-13-29(26-23-16)17-5-2-9-27(11-8-17)19(30)7-3-10-28-20(31)24-25-21(28)32/h1,4,6,12-13,17H,2-3,5,7-11,14H2,(H,24,31)(H,25,32). The summed E-state index contributed by atoms with van der Waals surface area (Å²) in [6, 6.07) is 7.36. The molecule has 3 aromatic rings. The molecule has 0 aliphatic carbocycles. The van der Waals surface area contributed by atoms with Crippen LogP contribution in [0.4, 0.5) is 0 Å². The van der Waals surface area contributed by atoms with E-state index >= 15 is 0 Å². The van der Waals surface area contributed by atoms with Crippen LogP contribution in [-0.2, 0) is 17.9 Å². The Morgan fingerprint density at radius 2 is 2.00 bits per heavy atom. The summed E-state index contributed by atoms with van der Waals surface area (Å²) in [7, 11) is 0. The van der Waals surface area contributed by atoms with Gasteiger partial charge in [0.15, 0.2) is 0 Å². The predicted octanol–water partition coefficient (Wildman–Crippen LogP) is 1.72. The van der Waals surface area contributed by atoms with E-state index in [9.17, 15) is 14.4 Å². The Bertz CT molecular complexity index is 1170. The molecule has 1 saturated heterocycles. The first kappa shape index (κ1) is 22.8. The highest BCUT2D eigenvalue weighted by atomic mass is 35.5. The molecule has 4 rings (SSSR count). The van der Waals surface area contributed by atoms with Gasteiger partial charge >= 0.3 is 11.4 Å². The summed E-state index contributed by atoms with van der Waals surface area (Å²) in [5.74, 6) is 0.705. The fourth-order valence-electron chi connectivity index (χ4n) is 3.95. The number of carbonyl (C=O) groups is 1. The number of ether oxygens (including phenoxy) is 1. The lowest BCUT2D eigenvalue weighted by molar-refractivity contribution is -0.131. The zero-order chi connectivity index (χ0) is 23.2. The second-order valence-corrected chi connectivity index (χ2v) is 8.45. The van der Waals surface area contributed by atoms with E-state index in [-0.39, 0.29) is 24.9 Å². The van der Waals surface area contributed by atoms with Gasteiger partial charge in [-0.25, -0.2) is 29.0 Å². The minimum atomic E-state index is -0.491. The van der Waals surface area contributed by atoms with Crippen molar-refractivity contribution in [3.8, 4) is 5.75 Å². The lowest BCUT2D eigenvalue weighted by Crippen LogP contribution is -2.33. The van der Waals surface area contributed by atoms with Crippen LogP contribution in [0.5, 0.6) is 5.75 Å². The first-order valence-electron chi connectivity index (χ1n) is 10.9. The number of likely N-dealkylation sites (tertiary alicyclic amines) is 1. The number of carbonyl (C=O) groups excluding carboxylic acids is 1. The molecule has 2 aromatic heterocycles. The Morgan fingerprint density at radius 1 is 1.18 bits per heavy atom. The Morgan fingerprint density at radius 3 is 2.79 bits per heavy atom. The lowest BCUT2D eigenvalue weighted by atomic mass is 10.1. The smallest absolute Gasteiger partial charge is 0.344 e. The molecule has 0 spiro atoms. The van der Waals surface area contributed by atoms with E-state index in [2.05, 4.69) is 20.5 Å². The van der Waals surface area contributed by atoms with Crippen molar-refractivity contribution in [2.75, 3.05) is 13.1 Å². The molecule has 1 aliphatic heterocycles. The average molecular weight is 476 g/mol. The summed E-state index contributed by atoms with van der Waals surface area (Å²) < 4.78 is 8.64. The summed E-state index contributed by atoms with van der Waals surface area (Å²) in [6.07, 6.45) is 5.14. The molecule has 0 saturated carbocycles. The van der Waals surface area contributed by atoms with Gasteiger partial charge in [-0.3, -0.25) is 4.79 Å². The zero-order valence-electron chi connectivity index (χ0n) is 18.1.